The Morgan fingerprint density at radius 1 is 1.57 bits per heavy atom. The molecule has 1 aromatic rings. The molecule has 1 atom stereocenters. The molecule has 0 radical (unpaired) electrons. The standard InChI is InChI=1S/C9H9N3O2/c10-4-5-1-2-6(11)3-7(5)8(12)9(13)14/h1-3,8H,11-12H2,(H,13,14)/t8-/m0/s1. The lowest BCUT2D eigenvalue weighted by atomic mass is 10.0. The van der Waals surface area contributed by atoms with Gasteiger partial charge in [-0.1, -0.05) is 0 Å². The van der Waals surface area contributed by atoms with Gasteiger partial charge in [0.15, 0.2) is 0 Å². The third-order valence-electron chi connectivity index (χ3n) is 1.80. The van der Waals surface area contributed by atoms with Crippen molar-refractivity contribution >= 4 is 11.7 Å². The number of carboxylic acid groups (broad SMARTS) is 1. The second kappa shape index (κ2) is 3.77. The molecule has 0 heterocycles. The molecule has 14 heavy (non-hydrogen) atoms. The van der Waals surface area contributed by atoms with Gasteiger partial charge in [0, 0.05) is 5.69 Å². The highest BCUT2D eigenvalue weighted by Crippen LogP contribution is 2.18. The Labute approximate surface area is 80.6 Å². The smallest absolute Gasteiger partial charge is 0.325 e. The lowest BCUT2D eigenvalue weighted by Gasteiger charge is -2.09. The molecule has 0 saturated carbocycles. The second-order valence-corrected chi connectivity index (χ2v) is 2.77. The minimum atomic E-state index is -1.21. The summed E-state index contributed by atoms with van der Waals surface area (Å²) < 4.78 is 0. The fourth-order valence-corrected chi connectivity index (χ4v) is 1.07. The summed E-state index contributed by atoms with van der Waals surface area (Å²) in [6.45, 7) is 0. The summed E-state index contributed by atoms with van der Waals surface area (Å²) in [5.41, 5.74) is 11.7. The molecular weight excluding hydrogens is 182 g/mol. The van der Waals surface area contributed by atoms with Crippen LogP contribution in [0.3, 0.4) is 0 Å². The van der Waals surface area contributed by atoms with Crippen LogP contribution in [0.2, 0.25) is 0 Å². The molecule has 0 fully saturated rings. The number of hydrogen-bond donors (Lipinski definition) is 3. The molecule has 1 aromatic carbocycles. The molecule has 0 amide bonds. The second-order valence-electron chi connectivity index (χ2n) is 2.77. The van der Waals surface area contributed by atoms with Crippen LogP contribution in [0.15, 0.2) is 18.2 Å². The van der Waals surface area contributed by atoms with Gasteiger partial charge in [-0.05, 0) is 23.8 Å². The van der Waals surface area contributed by atoms with Crippen LogP contribution in [0.25, 0.3) is 0 Å². The fraction of sp³-hybridized carbons (Fsp3) is 0.111. The van der Waals surface area contributed by atoms with Gasteiger partial charge in [-0.3, -0.25) is 4.79 Å². The van der Waals surface area contributed by atoms with E-state index < -0.39 is 12.0 Å². The van der Waals surface area contributed by atoms with E-state index in [0.29, 0.717) is 5.69 Å². The molecule has 5 heteroatoms. The van der Waals surface area contributed by atoms with Crippen molar-refractivity contribution in [3.8, 4) is 6.07 Å². The number of carbonyl (C=O) groups is 1. The average Bonchev–Trinajstić information content (AvgIpc) is 2.16. The number of nitrogens with two attached hydrogens (primary N) is 2. The summed E-state index contributed by atoms with van der Waals surface area (Å²) in [6, 6.07) is 5.02. The zero-order valence-electron chi connectivity index (χ0n) is 7.27. The summed E-state index contributed by atoms with van der Waals surface area (Å²) in [6.07, 6.45) is 0. The van der Waals surface area contributed by atoms with Gasteiger partial charge >= 0.3 is 5.97 Å². The minimum Gasteiger partial charge on any atom is -0.480 e. The van der Waals surface area contributed by atoms with Crippen molar-refractivity contribution in [2.45, 2.75) is 6.04 Å². The van der Waals surface area contributed by atoms with Crippen LogP contribution < -0.4 is 11.5 Å². The lowest BCUT2D eigenvalue weighted by molar-refractivity contribution is -0.138. The Balaban J connectivity index is 3.25. The number of carboxylic acids is 1. The van der Waals surface area contributed by atoms with Crippen molar-refractivity contribution in [2.24, 2.45) is 5.73 Å². The van der Waals surface area contributed by atoms with Crippen molar-refractivity contribution < 1.29 is 9.90 Å². The van der Waals surface area contributed by atoms with Gasteiger partial charge < -0.3 is 16.6 Å². The molecular formula is C9H9N3O2. The van der Waals surface area contributed by atoms with E-state index in [0.717, 1.165) is 0 Å². The van der Waals surface area contributed by atoms with Crippen LogP contribution >= 0.6 is 0 Å². The number of anilines is 1. The normalized spacial score (nSPS) is 11.7. The zero-order valence-corrected chi connectivity index (χ0v) is 7.27. The van der Waals surface area contributed by atoms with Gasteiger partial charge in [-0.2, -0.15) is 5.26 Å². The van der Waals surface area contributed by atoms with Crippen LogP contribution in [0.4, 0.5) is 5.69 Å². The van der Waals surface area contributed by atoms with Crippen LogP contribution in [-0.2, 0) is 4.79 Å². The number of rotatable bonds is 2. The van der Waals surface area contributed by atoms with Gasteiger partial charge in [0.25, 0.3) is 0 Å². The van der Waals surface area contributed by atoms with Crippen LogP contribution in [0.5, 0.6) is 0 Å². The van der Waals surface area contributed by atoms with Crippen molar-refractivity contribution in [3.05, 3.63) is 29.3 Å². The molecule has 72 valence electrons. The Bertz CT molecular complexity index is 409. The maximum absolute atomic E-state index is 10.6. The molecule has 0 saturated heterocycles. The third-order valence-corrected chi connectivity index (χ3v) is 1.80. The van der Waals surface area contributed by atoms with Gasteiger partial charge in [0.1, 0.15) is 6.04 Å². The van der Waals surface area contributed by atoms with Crippen LogP contribution in [0.1, 0.15) is 17.2 Å². The number of benzene rings is 1. The first-order chi connectivity index (χ1) is 6.56. The van der Waals surface area contributed by atoms with Crippen LogP contribution in [0, 0.1) is 11.3 Å². The number of hydrogen-bond acceptors (Lipinski definition) is 4. The summed E-state index contributed by atoms with van der Waals surface area (Å²) in [5, 5.41) is 17.4. The average molecular weight is 191 g/mol. The summed E-state index contributed by atoms with van der Waals surface area (Å²) >= 11 is 0. The quantitative estimate of drug-likeness (QED) is 0.579. The number of nitriles is 1. The zero-order chi connectivity index (χ0) is 10.7. The minimum absolute atomic E-state index is 0.231. The highest BCUT2D eigenvalue weighted by molar-refractivity contribution is 5.77. The van der Waals surface area contributed by atoms with Gasteiger partial charge in [-0.15, -0.1) is 0 Å². The predicted octanol–water partition coefficient (Wildman–Crippen LogP) is 0.225. The molecule has 0 aromatic heterocycles. The Morgan fingerprint density at radius 3 is 2.71 bits per heavy atom. The molecule has 0 aliphatic heterocycles. The molecule has 0 aliphatic carbocycles. The SMILES string of the molecule is N#Cc1ccc(N)cc1[C@H](N)C(=O)O. The van der Waals surface area contributed by atoms with E-state index in [2.05, 4.69) is 0 Å². The van der Waals surface area contributed by atoms with Crippen molar-refractivity contribution in [2.75, 3.05) is 5.73 Å². The number of nitrogens with zero attached hydrogens (tertiary/aromatic N) is 1. The number of aliphatic carboxylic acids is 1. The van der Waals surface area contributed by atoms with Crippen molar-refractivity contribution in [3.63, 3.8) is 0 Å². The van der Waals surface area contributed by atoms with E-state index >= 15 is 0 Å². The third kappa shape index (κ3) is 1.81. The predicted molar refractivity (Wildman–Crippen MR) is 50.1 cm³/mol. The first-order valence-electron chi connectivity index (χ1n) is 3.84. The van der Waals surface area contributed by atoms with E-state index in [-0.39, 0.29) is 11.1 Å². The molecule has 1 rings (SSSR count). The molecule has 0 unspecified atom stereocenters. The Morgan fingerprint density at radius 2 is 2.21 bits per heavy atom. The van der Waals surface area contributed by atoms with Gasteiger partial charge in [0.2, 0.25) is 0 Å². The first-order valence-corrected chi connectivity index (χ1v) is 3.84. The van der Waals surface area contributed by atoms with Gasteiger partial charge in [-0.25, -0.2) is 0 Å². The summed E-state index contributed by atoms with van der Waals surface area (Å²) in [4.78, 5) is 10.6. The molecule has 0 bridgehead atoms. The Kier molecular flexibility index (Phi) is 2.70. The topological polar surface area (TPSA) is 113 Å². The lowest BCUT2D eigenvalue weighted by Crippen LogP contribution is -2.21. The van der Waals surface area contributed by atoms with E-state index in [1.54, 1.807) is 0 Å². The van der Waals surface area contributed by atoms with E-state index in [4.69, 9.17) is 21.8 Å². The largest absolute Gasteiger partial charge is 0.480 e. The van der Waals surface area contributed by atoms with Gasteiger partial charge in [0.05, 0.1) is 11.6 Å². The summed E-state index contributed by atoms with van der Waals surface area (Å²) in [5.74, 6) is -1.19. The highest BCUT2D eigenvalue weighted by Gasteiger charge is 2.17. The van der Waals surface area contributed by atoms with Crippen LogP contribution in [-0.4, -0.2) is 11.1 Å². The molecule has 0 aliphatic rings. The van der Waals surface area contributed by atoms with E-state index in [9.17, 15) is 4.79 Å². The Hall–Kier alpha value is -2.06. The molecule has 5 N–H and O–H groups in total. The number of nitrogen functional groups attached to an aromatic ring is 1. The maximum Gasteiger partial charge on any atom is 0.325 e. The first kappa shape index (κ1) is 10.0. The van der Waals surface area contributed by atoms with Crippen molar-refractivity contribution in [1.29, 1.82) is 5.26 Å². The monoisotopic (exact) mass is 191 g/mol. The van der Waals surface area contributed by atoms with Crippen molar-refractivity contribution in [1.82, 2.24) is 0 Å². The molecule has 0 spiro atoms. The molecule has 5 nitrogen and oxygen atoms in total. The van der Waals surface area contributed by atoms with E-state index in [1.807, 2.05) is 6.07 Å². The summed E-state index contributed by atoms with van der Waals surface area (Å²) in [7, 11) is 0. The maximum atomic E-state index is 10.6. The highest BCUT2D eigenvalue weighted by atomic mass is 16.4. The van der Waals surface area contributed by atoms with E-state index in [1.165, 1.54) is 18.2 Å². The fourth-order valence-electron chi connectivity index (χ4n) is 1.07.